The van der Waals surface area contributed by atoms with E-state index in [1.165, 1.54) is 62.0 Å². The van der Waals surface area contributed by atoms with Crippen molar-refractivity contribution in [3.8, 4) is 0 Å². The monoisotopic (exact) mass is 330 g/mol. The molecule has 120 valence electrons. The van der Waals surface area contributed by atoms with E-state index in [0.717, 1.165) is 24.3 Å². The fourth-order valence-electron chi connectivity index (χ4n) is 2.02. The molecule has 0 aliphatic carbocycles. The first-order valence-electron chi connectivity index (χ1n) is 7.97. The van der Waals surface area contributed by atoms with Gasteiger partial charge in [0, 0.05) is 0 Å². The second-order valence-corrected chi connectivity index (χ2v) is 7.36. The molecule has 0 aromatic rings. The highest BCUT2D eigenvalue weighted by molar-refractivity contribution is 8.08. The first-order valence-corrected chi connectivity index (χ1v) is 9.94. The molecular formula is C16H26O3S2. The van der Waals surface area contributed by atoms with Crippen LogP contribution in [0.4, 0.5) is 0 Å². The van der Waals surface area contributed by atoms with Gasteiger partial charge in [-0.25, -0.2) is 9.59 Å². The summed E-state index contributed by atoms with van der Waals surface area (Å²) in [6, 6.07) is 0. The van der Waals surface area contributed by atoms with Gasteiger partial charge in [-0.05, 0) is 24.3 Å². The molecule has 1 aliphatic rings. The SMILES string of the molecule is CCCCCCSC1=C(SCCCCCC)C(=O)OC1=O. The lowest BCUT2D eigenvalue weighted by atomic mass is 10.2. The molecule has 0 amide bonds. The largest absolute Gasteiger partial charge is 0.385 e. The van der Waals surface area contributed by atoms with Crippen molar-refractivity contribution in [1.29, 1.82) is 0 Å². The number of thioether (sulfide) groups is 2. The van der Waals surface area contributed by atoms with Crippen molar-refractivity contribution in [2.24, 2.45) is 0 Å². The molecule has 0 bridgehead atoms. The molecule has 0 radical (unpaired) electrons. The Hall–Kier alpha value is -0.420. The maximum absolute atomic E-state index is 11.7. The van der Waals surface area contributed by atoms with Crippen molar-refractivity contribution in [3.05, 3.63) is 9.81 Å². The fourth-order valence-corrected chi connectivity index (χ4v) is 4.22. The number of carbonyl (C=O) groups is 2. The molecule has 0 spiro atoms. The third kappa shape index (κ3) is 6.92. The summed E-state index contributed by atoms with van der Waals surface area (Å²) in [4.78, 5) is 24.5. The zero-order valence-corrected chi connectivity index (χ0v) is 14.7. The molecule has 5 heteroatoms. The standard InChI is InChI=1S/C16H26O3S2/c1-3-5-7-9-11-20-13-14(16(18)19-15(13)17)21-12-10-8-6-4-2/h3-12H2,1-2H3. The summed E-state index contributed by atoms with van der Waals surface area (Å²) in [5.41, 5.74) is 0. The summed E-state index contributed by atoms with van der Waals surface area (Å²) in [6.07, 6.45) is 9.37. The van der Waals surface area contributed by atoms with Crippen LogP contribution in [0, 0.1) is 0 Å². The minimum Gasteiger partial charge on any atom is -0.385 e. The second-order valence-electron chi connectivity index (χ2n) is 5.15. The zero-order chi connectivity index (χ0) is 15.5. The van der Waals surface area contributed by atoms with E-state index in [-0.39, 0.29) is 0 Å². The number of unbranched alkanes of at least 4 members (excludes halogenated alkanes) is 6. The van der Waals surface area contributed by atoms with Crippen LogP contribution in [0.15, 0.2) is 9.81 Å². The molecule has 3 nitrogen and oxygen atoms in total. The van der Waals surface area contributed by atoms with Crippen LogP contribution < -0.4 is 0 Å². The number of rotatable bonds is 12. The van der Waals surface area contributed by atoms with E-state index < -0.39 is 11.9 Å². The molecule has 0 unspecified atom stereocenters. The van der Waals surface area contributed by atoms with Gasteiger partial charge in [-0.3, -0.25) is 0 Å². The average Bonchev–Trinajstić information content (AvgIpc) is 2.73. The number of ether oxygens (including phenoxy) is 1. The molecule has 0 fully saturated rings. The van der Waals surface area contributed by atoms with Crippen molar-refractivity contribution in [1.82, 2.24) is 0 Å². The maximum Gasteiger partial charge on any atom is 0.353 e. The summed E-state index contributed by atoms with van der Waals surface area (Å²) >= 11 is 2.97. The first-order chi connectivity index (χ1) is 10.2. The van der Waals surface area contributed by atoms with Crippen LogP contribution in [0.25, 0.3) is 0 Å². The summed E-state index contributed by atoms with van der Waals surface area (Å²) < 4.78 is 4.75. The molecule has 1 rings (SSSR count). The molecule has 0 aromatic heterocycles. The van der Waals surface area contributed by atoms with Crippen molar-refractivity contribution < 1.29 is 14.3 Å². The smallest absolute Gasteiger partial charge is 0.353 e. The Morgan fingerprint density at radius 2 is 1.14 bits per heavy atom. The number of esters is 2. The van der Waals surface area contributed by atoms with Gasteiger partial charge >= 0.3 is 11.9 Å². The molecule has 1 aliphatic heterocycles. The van der Waals surface area contributed by atoms with Gasteiger partial charge < -0.3 is 4.74 Å². The van der Waals surface area contributed by atoms with E-state index in [9.17, 15) is 9.59 Å². The van der Waals surface area contributed by atoms with Gasteiger partial charge in [0.2, 0.25) is 0 Å². The summed E-state index contributed by atoms with van der Waals surface area (Å²) in [7, 11) is 0. The number of cyclic esters (lactones) is 2. The van der Waals surface area contributed by atoms with Gasteiger partial charge in [0.05, 0.1) is 0 Å². The van der Waals surface area contributed by atoms with Gasteiger partial charge in [-0.1, -0.05) is 52.4 Å². The molecule has 0 saturated heterocycles. The molecule has 0 atom stereocenters. The predicted octanol–water partition coefficient (Wildman–Crippen LogP) is 4.91. The zero-order valence-electron chi connectivity index (χ0n) is 13.1. The summed E-state index contributed by atoms with van der Waals surface area (Å²) in [6.45, 7) is 4.35. The van der Waals surface area contributed by atoms with E-state index in [4.69, 9.17) is 4.74 Å². The van der Waals surface area contributed by atoms with E-state index in [2.05, 4.69) is 13.8 Å². The topological polar surface area (TPSA) is 43.4 Å². The Balaban J connectivity index is 2.40. The van der Waals surface area contributed by atoms with Gasteiger partial charge in [0.25, 0.3) is 0 Å². The van der Waals surface area contributed by atoms with Gasteiger partial charge in [0.1, 0.15) is 9.81 Å². The molecule has 0 aromatic carbocycles. The maximum atomic E-state index is 11.7. The van der Waals surface area contributed by atoms with Crippen LogP contribution >= 0.6 is 23.5 Å². The van der Waals surface area contributed by atoms with Crippen molar-refractivity contribution in [2.75, 3.05) is 11.5 Å². The Kier molecular flexibility index (Phi) is 9.92. The Labute approximate surface area is 136 Å². The van der Waals surface area contributed by atoms with Crippen LogP contribution in [0.5, 0.6) is 0 Å². The lowest BCUT2D eigenvalue weighted by Crippen LogP contribution is -2.01. The minimum atomic E-state index is -0.448. The van der Waals surface area contributed by atoms with Crippen molar-refractivity contribution >= 4 is 35.5 Å². The van der Waals surface area contributed by atoms with Gasteiger partial charge in [-0.2, -0.15) is 0 Å². The highest BCUT2D eigenvalue weighted by Crippen LogP contribution is 2.35. The number of hydrogen-bond acceptors (Lipinski definition) is 5. The number of hydrogen-bond donors (Lipinski definition) is 0. The lowest BCUT2D eigenvalue weighted by molar-refractivity contribution is -0.150. The fraction of sp³-hybridized carbons (Fsp3) is 0.750. The van der Waals surface area contributed by atoms with Crippen LogP contribution in [0.1, 0.15) is 65.2 Å². The van der Waals surface area contributed by atoms with Crippen LogP contribution in [-0.2, 0) is 14.3 Å². The van der Waals surface area contributed by atoms with E-state index >= 15 is 0 Å². The van der Waals surface area contributed by atoms with E-state index in [0.29, 0.717) is 9.81 Å². The van der Waals surface area contributed by atoms with Crippen LogP contribution in [-0.4, -0.2) is 23.4 Å². The highest BCUT2D eigenvalue weighted by atomic mass is 32.2. The third-order valence-electron chi connectivity index (χ3n) is 3.25. The Morgan fingerprint density at radius 3 is 1.52 bits per heavy atom. The van der Waals surface area contributed by atoms with Crippen molar-refractivity contribution in [2.45, 2.75) is 65.2 Å². The Bertz CT molecular complexity index is 344. The highest BCUT2D eigenvalue weighted by Gasteiger charge is 2.33. The third-order valence-corrected chi connectivity index (χ3v) is 5.68. The molecular weight excluding hydrogens is 304 g/mol. The van der Waals surface area contributed by atoms with Gasteiger partial charge in [0.15, 0.2) is 0 Å². The van der Waals surface area contributed by atoms with E-state index in [1.54, 1.807) is 0 Å². The molecule has 21 heavy (non-hydrogen) atoms. The van der Waals surface area contributed by atoms with Crippen LogP contribution in [0.2, 0.25) is 0 Å². The van der Waals surface area contributed by atoms with E-state index in [1.807, 2.05) is 0 Å². The number of carbonyl (C=O) groups excluding carboxylic acids is 2. The molecule has 0 N–H and O–H groups in total. The molecule has 1 heterocycles. The second kappa shape index (κ2) is 11.2. The molecule has 0 saturated carbocycles. The average molecular weight is 331 g/mol. The normalized spacial score (nSPS) is 15.0. The quantitative estimate of drug-likeness (QED) is 0.289. The summed E-state index contributed by atoms with van der Waals surface area (Å²) in [5, 5.41) is 0. The minimum absolute atomic E-state index is 0.448. The van der Waals surface area contributed by atoms with Crippen molar-refractivity contribution in [3.63, 3.8) is 0 Å². The van der Waals surface area contributed by atoms with Gasteiger partial charge in [-0.15, -0.1) is 23.5 Å². The predicted molar refractivity (Wildman–Crippen MR) is 91.3 cm³/mol. The lowest BCUT2D eigenvalue weighted by Gasteiger charge is -2.03. The van der Waals surface area contributed by atoms with Crippen LogP contribution in [0.3, 0.4) is 0 Å². The summed E-state index contributed by atoms with van der Waals surface area (Å²) in [5.74, 6) is 0.878. The first kappa shape index (κ1) is 18.6. The Morgan fingerprint density at radius 1 is 0.714 bits per heavy atom.